The van der Waals surface area contributed by atoms with Crippen molar-refractivity contribution >= 4 is 23.6 Å². The zero-order valence-corrected chi connectivity index (χ0v) is 12.9. The molecule has 1 aliphatic rings. The molecule has 0 unspecified atom stereocenters. The number of hydrogen-bond acceptors (Lipinski definition) is 6. The minimum atomic E-state index is -0.696. The van der Waals surface area contributed by atoms with Gasteiger partial charge in [0.15, 0.2) is 11.4 Å². The number of nitro benzene ring substituents is 1. The van der Waals surface area contributed by atoms with Crippen molar-refractivity contribution in [1.82, 2.24) is 0 Å². The number of hydrogen-bond donors (Lipinski definition) is 0. The number of esters is 1. The van der Waals surface area contributed by atoms with E-state index in [-0.39, 0.29) is 23.0 Å². The fraction of sp³-hybridized carbons (Fsp3) is 0.0588. The number of carbonyl (C=O) groups excluding carboxylic acids is 1. The highest BCUT2D eigenvalue weighted by atomic mass is 19.1. The third kappa shape index (κ3) is 3.37. The lowest BCUT2D eigenvalue weighted by molar-refractivity contribution is -0.385. The first kappa shape index (κ1) is 16.3. The van der Waals surface area contributed by atoms with Gasteiger partial charge in [-0.3, -0.25) is 10.1 Å². The zero-order valence-electron chi connectivity index (χ0n) is 12.9. The van der Waals surface area contributed by atoms with Crippen LogP contribution < -0.4 is 4.74 Å². The van der Waals surface area contributed by atoms with Gasteiger partial charge in [0.2, 0.25) is 5.90 Å². The van der Waals surface area contributed by atoms with Crippen molar-refractivity contribution in [2.75, 3.05) is 7.11 Å². The Kier molecular flexibility index (Phi) is 4.25. The van der Waals surface area contributed by atoms with Crippen LogP contribution in [0.3, 0.4) is 0 Å². The summed E-state index contributed by atoms with van der Waals surface area (Å²) < 4.78 is 22.9. The van der Waals surface area contributed by atoms with Gasteiger partial charge in [0.25, 0.3) is 0 Å². The fourth-order valence-corrected chi connectivity index (χ4v) is 2.22. The summed E-state index contributed by atoms with van der Waals surface area (Å²) in [5, 5.41) is 11.1. The molecule has 0 amide bonds. The van der Waals surface area contributed by atoms with E-state index in [1.54, 1.807) is 6.07 Å². The highest BCUT2D eigenvalue weighted by Gasteiger charge is 2.24. The maximum Gasteiger partial charge on any atom is 0.363 e. The van der Waals surface area contributed by atoms with Crippen molar-refractivity contribution in [3.63, 3.8) is 0 Å². The van der Waals surface area contributed by atoms with E-state index in [0.29, 0.717) is 11.1 Å². The third-order valence-corrected chi connectivity index (χ3v) is 3.41. The average Bonchev–Trinajstić information content (AvgIpc) is 2.96. The van der Waals surface area contributed by atoms with Gasteiger partial charge >= 0.3 is 11.7 Å². The number of benzene rings is 2. The minimum absolute atomic E-state index is 0.0150. The van der Waals surface area contributed by atoms with E-state index in [1.807, 2.05) is 0 Å². The van der Waals surface area contributed by atoms with Crippen molar-refractivity contribution in [3.05, 3.63) is 75.2 Å². The fourth-order valence-electron chi connectivity index (χ4n) is 2.22. The molecule has 2 aromatic rings. The molecule has 126 valence electrons. The van der Waals surface area contributed by atoms with Crippen LogP contribution in [0.4, 0.5) is 10.1 Å². The SMILES string of the molecule is COc1ccc(C=C2N=C(c3ccc(F)cc3)OC2=O)cc1[N+](=O)[O-]. The molecule has 0 spiro atoms. The second-order valence-corrected chi connectivity index (χ2v) is 5.03. The number of aliphatic imine (C=N–C) groups is 1. The first-order chi connectivity index (χ1) is 12.0. The van der Waals surface area contributed by atoms with E-state index in [9.17, 15) is 19.3 Å². The molecule has 1 aliphatic heterocycles. The highest BCUT2D eigenvalue weighted by molar-refractivity contribution is 6.12. The number of carbonyl (C=O) groups is 1. The Hall–Kier alpha value is -3.55. The third-order valence-electron chi connectivity index (χ3n) is 3.41. The Labute approximate surface area is 141 Å². The highest BCUT2D eigenvalue weighted by Crippen LogP contribution is 2.29. The van der Waals surface area contributed by atoms with Gasteiger partial charge in [0.05, 0.1) is 12.0 Å². The van der Waals surface area contributed by atoms with Gasteiger partial charge in [0.1, 0.15) is 5.82 Å². The summed E-state index contributed by atoms with van der Waals surface area (Å²) in [6.07, 6.45) is 1.37. The maximum atomic E-state index is 13.0. The van der Waals surface area contributed by atoms with Crippen LogP contribution in [0.25, 0.3) is 6.08 Å². The number of nitrogens with zero attached hydrogens (tertiary/aromatic N) is 2. The first-order valence-electron chi connectivity index (χ1n) is 7.09. The van der Waals surface area contributed by atoms with Gasteiger partial charge < -0.3 is 9.47 Å². The lowest BCUT2D eigenvalue weighted by Crippen LogP contribution is -2.05. The molecule has 0 saturated heterocycles. The van der Waals surface area contributed by atoms with Crippen LogP contribution in [0.5, 0.6) is 5.75 Å². The molecular formula is C17H11FN2O5. The Morgan fingerprint density at radius 3 is 2.60 bits per heavy atom. The Morgan fingerprint density at radius 1 is 1.24 bits per heavy atom. The van der Waals surface area contributed by atoms with Crippen molar-refractivity contribution < 1.29 is 23.6 Å². The number of nitro groups is 1. The largest absolute Gasteiger partial charge is 0.490 e. The number of halogens is 1. The van der Waals surface area contributed by atoms with E-state index >= 15 is 0 Å². The minimum Gasteiger partial charge on any atom is -0.490 e. The molecule has 1 heterocycles. The number of ether oxygens (including phenoxy) is 2. The molecule has 7 nitrogen and oxygen atoms in total. The molecule has 0 radical (unpaired) electrons. The van der Waals surface area contributed by atoms with Crippen molar-refractivity contribution in [2.24, 2.45) is 4.99 Å². The van der Waals surface area contributed by atoms with E-state index < -0.39 is 16.7 Å². The van der Waals surface area contributed by atoms with E-state index in [0.717, 1.165) is 0 Å². The van der Waals surface area contributed by atoms with Crippen LogP contribution in [0.2, 0.25) is 0 Å². The van der Waals surface area contributed by atoms with Gasteiger partial charge in [-0.05, 0) is 42.0 Å². The Morgan fingerprint density at radius 2 is 1.96 bits per heavy atom. The molecule has 0 bridgehead atoms. The van der Waals surface area contributed by atoms with Crippen LogP contribution >= 0.6 is 0 Å². The molecule has 0 aliphatic carbocycles. The Bertz CT molecular complexity index is 919. The standard InChI is InChI=1S/C17H11FN2O5/c1-24-15-7-2-10(9-14(15)20(22)23)8-13-17(21)25-16(19-13)11-3-5-12(18)6-4-11/h2-9H,1H3. The topological polar surface area (TPSA) is 91.0 Å². The normalized spacial score (nSPS) is 15.0. The summed E-state index contributed by atoms with van der Waals surface area (Å²) in [6.45, 7) is 0. The predicted octanol–water partition coefficient (Wildman–Crippen LogP) is 3.09. The Balaban J connectivity index is 1.95. The number of rotatable bonds is 4. The lowest BCUT2D eigenvalue weighted by Gasteiger charge is -2.02. The molecule has 0 aromatic heterocycles. The molecule has 3 rings (SSSR count). The van der Waals surface area contributed by atoms with Crippen LogP contribution in [0.1, 0.15) is 11.1 Å². The first-order valence-corrected chi connectivity index (χ1v) is 7.09. The summed E-state index contributed by atoms with van der Waals surface area (Å²) in [6, 6.07) is 9.56. The van der Waals surface area contributed by atoms with E-state index in [1.165, 1.54) is 49.6 Å². The van der Waals surface area contributed by atoms with Crippen molar-refractivity contribution in [2.45, 2.75) is 0 Å². The maximum absolute atomic E-state index is 13.0. The van der Waals surface area contributed by atoms with Gasteiger partial charge in [-0.25, -0.2) is 14.2 Å². The summed E-state index contributed by atoms with van der Waals surface area (Å²) in [4.78, 5) is 26.5. The molecule has 8 heteroatoms. The quantitative estimate of drug-likeness (QED) is 0.368. The zero-order chi connectivity index (χ0) is 18.0. The second-order valence-electron chi connectivity index (χ2n) is 5.03. The summed E-state index contributed by atoms with van der Waals surface area (Å²) in [5.74, 6) is -0.969. The van der Waals surface area contributed by atoms with Crippen LogP contribution in [-0.2, 0) is 9.53 Å². The second kappa shape index (κ2) is 6.52. The summed E-state index contributed by atoms with van der Waals surface area (Å²) in [5.41, 5.74) is 0.590. The summed E-state index contributed by atoms with van der Waals surface area (Å²) in [7, 11) is 1.33. The average molecular weight is 342 g/mol. The monoisotopic (exact) mass is 342 g/mol. The van der Waals surface area contributed by atoms with Crippen molar-refractivity contribution in [1.29, 1.82) is 0 Å². The molecule has 25 heavy (non-hydrogen) atoms. The van der Waals surface area contributed by atoms with E-state index in [2.05, 4.69) is 4.99 Å². The van der Waals surface area contributed by atoms with E-state index in [4.69, 9.17) is 9.47 Å². The summed E-state index contributed by atoms with van der Waals surface area (Å²) >= 11 is 0. The van der Waals surface area contributed by atoms with Gasteiger partial charge in [0, 0.05) is 11.6 Å². The van der Waals surface area contributed by atoms with Gasteiger partial charge in [-0.2, -0.15) is 0 Å². The van der Waals surface area contributed by atoms with Crippen molar-refractivity contribution in [3.8, 4) is 5.75 Å². The number of cyclic esters (lactones) is 1. The molecule has 2 aromatic carbocycles. The molecule has 0 atom stereocenters. The van der Waals surface area contributed by atoms with Crippen LogP contribution in [0.15, 0.2) is 53.2 Å². The smallest absolute Gasteiger partial charge is 0.363 e. The van der Waals surface area contributed by atoms with Gasteiger partial charge in [-0.15, -0.1) is 0 Å². The molecule has 0 N–H and O–H groups in total. The van der Waals surface area contributed by atoms with Crippen LogP contribution in [0, 0.1) is 15.9 Å². The molecular weight excluding hydrogens is 331 g/mol. The van der Waals surface area contributed by atoms with Gasteiger partial charge in [-0.1, -0.05) is 6.07 Å². The predicted molar refractivity (Wildman–Crippen MR) is 86.7 cm³/mol. The van der Waals surface area contributed by atoms with Crippen LogP contribution in [-0.4, -0.2) is 23.9 Å². The lowest BCUT2D eigenvalue weighted by atomic mass is 10.1. The number of methoxy groups -OCH3 is 1. The molecule has 0 saturated carbocycles. The molecule has 0 fully saturated rings.